The molecule has 0 aromatic heterocycles. The summed E-state index contributed by atoms with van der Waals surface area (Å²) < 4.78 is 10.9. The average Bonchev–Trinajstić information content (AvgIpc) is 2.39. The molecule has 0 saturated heterocycles. The fourth-order valence-corrected chi connectivity index (χ4v) is 2.61. The topological polar surface area (TPSA) is 59.3 Å². The maximum absolute atomic E-state index is 11.5. The van der Waals surface area contributed by atoms with Crippen molar-refractivity contribution in [2.45, 2.75) is 45.1 Å². The first-order valence-electron chi connectivity index (χ1n) is 6.77. The molecule has 4 nitrogen and oxygen atoms in total. The van der Waals surface area contributed by atoms with E-state index in [2.05, 4.69) is 6.07 Å². The molecule has 20 heavy (non-hydrogen) atoms. The van der Waals surface area contributed by atoms with E-state index >= 15 is 0 Å². The Morgan fingerprint density at radius 1 is 1.35 bits per heavy atom. The number of ether oxygens (including phenoxy) is 2. The smallest absolute Gasteiger partial charge is 0.309 e. The molecule has 1 aliphatic carbocycles. The van der Waals surface area contributed by atoms with Gasteiger partial charge >= 0.3 is 5.97 Å². The van der Waals surface area contributed by atoms with Crippen molar-refractivity contribution in [1.82, 2.24) is 0 Å². The van der Waals surface area contributed by atoms with Gasteiger partial charge in [-0.15, -0.1) is 0 Å². The summed E-state index contributed by atoms with van der Waals surface area (Å²) in [5.41, 5.74) is 2.05. The molecule has 0 atom stereocenters. The summed E-state index contributed by atoms with van der Waals surface area (Å²) in [6.07, 6.45) is 3.07. The molecular formula is C16H19NO3. The van der Waals surface area contributed by atoms with Gasteiger partial charge in [0.05, 0.1) is 25.2 Å². The van der Waals surface area contributed by atoms with Crippen LogP contribution >= 0.6 is 0 Å². The lowest BCUT2D eigenvalue weighted by Gasteiger charge is -2.41. The number of hydrogen-bond donors (Lipinski definition) is 0. The van der Waals surface area contributed by atoms with Crippen LogP contribution in [0.5, 0.6) is 5.75 Å². The molecule has 1 aliphatic rings. The highest BCUT2D eigenvalue weighted by Crippen LogP contribution is 2.41. The number of carbonyl (C=O) groups is 1. The van der Waals surface area contributed by atoms with E-state index in [4.69, 9.17) is 14.7 Å². The molecule has 0 bridgehead atoms. The molecule has 106 valence electrons. The third-order valence-corrected chi connectivity index (χ3v) is 3.87. The van der Waals surface area contributed by atoms with Gasteiger partial charge in [0.15, 0.2) is 0 Å². The highest BCUT2D eigenvalue weighted by Gasteiger charge is 2.42. The van der Waals surface area contributed by atoms with E-state index in [9.17, 15) is 4.79 Å². The lowest BCUT2D eigenvalue weighted by atomic mass is 9.77. The molecule has 0 unspecified atom stereocenters. The van der Waals surface area contributed by atoms with Crippen molar-refractivity contribution in [1.29, 1.82) is 5.26 Å². The van der Waals surface area contributed by atoms with Crippen molar-refractivity contribution in [2.24, 2.45) is 0 Å². The number of aryl methyl sites for hydroxylation is 2. The van der Waals surface area contributed by atoms with Gasteiger partial charge in [0.25, 0.3) is 0 Å². The van der Waals surface area contributed by atoms with Crippen LogP contribution in [0.3, 0.4) is 0 Å². The molecule has 4 heteroatoms. The molecule has 0 radical (unpaired) electrons. The molecule has 1 fully saturated rings. The van der Waals surface area contributed by atoms with E-state index in [1.807, 2.05) is 26.0 Å². The molecule has 0 spiro atoms. The molecule has 0 heterocycles. The second-order valence-corrected chi connectivity index (χ2v) is 5.44. The van der Waals surface area contributed by atoms with Crippen LogP contribution in [-0.2, 0) is 9.53 Å². The van der Waals surface area contributed by atoms with Crippen molar-refractivity contribution >= 4 is 5.97 Å². The first kappa shape index (κ1) is 14.4. The van der Waals surface area contributed by atoms with Crippen LogP contribution in [0.25, 0.3) is 0 Å². The summed E-state index contributed by atoms with van der Waals surface area (Å²) in [7, 11) is 1.40. The van der Waals surface area contributed by atoms with Crippen molar-refractivity contribution in [2.75, 3.05) is 7.11 Å². The Labute approximate surface area is 119 Å². The van der Waals surface area contributed by atoms with Crippen LogP contribution < -0.4 is 4.74 Å². The standard InChI is InChI=1S/C16H19NO3/c1-11-7-13(10-17)8-12(2)15(11)20-16(5-4-6-16)9-14(18)19-3/h7-8H,4-6,9H2,1-3H3. The average molecular weight is 273 g/mol. The molecule has 0 N–H and O–H groups in total. The van der Waals surface area contributed by atoms with Crippen molar-refractivity contribution < 1.29 is 14.3 Å². The minimum atomic E-state index is -0.434. The van der Waals surface area contributed by atoms with Crippen LogP contribution in [0.1, 0.15) is 42.4 Å². The van der Waals surface area contributed by atoms with Gasteiger partial charge in [-0.25, -0.2) is 0 Å². The summed E-state index contributed by atoms with van der Waals surface area (Å²) in [4.78, 5) is 11.5. The Bertz CT molecular complexity index is 545. The van der Waals surface area contributed by atoms with Gasteiger partial charge in [-0.05, 0) is 56.4 Å². The number of carbonyl (C=O) groups excluding carboxylic acids is 1. The molecular weight excluding hydrogens is 254 g/mol. The summed E-state index contributed by atoms with van der Waals surface area (Å²) in [5.74, 6) is 0.543. The Hall–Kier alpha value is -2.02. The Morgan fingerprint density at radius 2 is 1.95 bits per heavy atom. The highest BCUT2D eigenvalue weighted by atomic mass is 16.5. The first-order chi connectivity index (χ1) is 9.49. The van der Waals surface area contributed by atoms with Crippen LogP contribution in [-0.4, -0.2) is 18.7 Å². The highest BCUT2D eigenvalue weighted by molar-refractivity contribution is 5.70. The third kappa shape index (κ3) is 2.77. The van der Waals surface area contributed by atoms with Gasteiger partial charge in [0.2, 0.25) is 0 Å². The van der Waals surface area contributed by atoms with E-state index in [-0.39, 0.29) is 12.4 Å². The number of nitrogens with zero attached hydrogens (tertiary/aromatic N) is 1. The monoisotopic (exact) mass is 273 g/mol. The lowest BCUT2D eigenvalue weighted by Crippen LogP contribution is -2.45. The maximum Gasteiger partial charge on any atom is 0.309 e. The zero-order chi connectivity index (χ0) is 14.8. The van der Waals surface area contributed by atoms with E-state index in [1.54, 1.807) is 0 Å². The largest absolute Gasteiger partial charge is 0.486 e. The molecule has 0 aliphatic heterocycles. The summed E-state index contributed by atoms with van der Waals surface area (Å²) in [6, 6.07) is 5.76. The van der Waals surface area contributed by atoms with Gasteiger partial charge in [-0.3, -0.25) is 4.79 Å². The molecule has 1 aromatic rings. The molecule has 1 saturated carbocycles. The summed E-state index contributed by atoms with van der Waals surface area (Å²) in [6.45, 7) is 3.85. The minimum absolute atomic E-state index is 0.242. The number of esters is 1. The fourth-order valence-electron chi connectivity index (χ4n) is 2.61. The van der Waals surface area contributed by atoms with Crippen molar-refractivity contribution in [3.05, 3.63) is 28.8 Å². The summed E-state index contributed by atoms with van der Waals surface area (Å²) in [5, 5.41) is 8.97. The molecule has 0 amide bonds. The van der Waals surface area contributed by atoms with Gasteiger partial charge < -0.3 is 9.47 Å². The van der Waals surface area contributed by atoms with Crippen LogP contribution in [0.2, 0.25) is 0 Å². The number of methoxy groups -OCH3 is 1. The van der Waals surface area contributed by atoms with E-state index in [0.29, 0.717) is 5.56 Å². The van der Waals surface area contributed by atoms with E-state index < -0.39 is 5.60 Å². The predicted molar refractivity (Wildman–Crippen MR) is 74.5 cm³/mol. The van der Waals surface area contributed by atoms with Gasteiger partial charge in [-0.1, -0.05) is 0 Å². The Balaban J connectivity index is 2.24. The second kappa shape index (κ2) is 5.54. The molecule has 2 rings (SSSR count). The van der Waals surface area contributed by atoms with Crippen molar-refractivity contribution in [3.8, 4) is 11.8 Å². The van der Waals surface area contributed by atoms with E-state index in [1.165, 1.54) is 7.11 Å². The first-order valence-corrected chi connectivity index (χ1v) is 6.77. The third-order valence-electron chi connectivity index (χ3n) is 3.87. The SMILES string of the molecule is COC(=O)CC1(Oc2c(C)cc(C#N)cc2C)CCC1. The zero-order valence-corrected chi connectivity index (χ0v) is 12.2. The normalized spacial score (nSPS) is 15.9. The number of benzene rings is 1. The Morgan fingerprint density at radius 3 is 2.35 bits per heavy atom. The van der Waals surface area contributed by atoms with Crippen LogP contribution in [0.4, 0.5) is 0 Å². The maximum atomic E-state index is 11.5. The second-order valence-electron chi connectivity index (χ2n) is 5.44. The molecule has 1 aromatic carbocycles. The number of rotatable bonds is 4. The van der Waals surface area contributed by atoms with Crippen molar-refractivity contribution in [3.63, 3.8) is 0 Å². The van der Waals surface area contributed by atoms with Gasteiger partial charge in [-0.2, -0.15) is 5.26 Å². The van der Waals surface area contributed by atoms with Gasteiger partial charge in [0, 0.05) is 0 Å². The van der Waals surface area contributed by atoms with Crippen LogP contribution in [0.15, 0.2) is 12.1 Å². The zero-order valence-electron chi connectivity index (χ0n) is 12.2. The van der Waals surface area contributed by atoms with Gasteiger partial charge in [0.1, 0.15) is 11.4 Å². The lowest BCUT2D eigenvalue weighted by molar-refractivity contribution is -0.148. The fraction of sp³-hybridized carbons (Fsp3) is 0.500. The summed E-state index contributed by atoms with van der Waals surface area (Å²) >= 11 is 0. The van der Waals surface area contributed by atoms with Crippen LogP contribution in [0, 0.1) is 25.2 Å². The minimum Gasteiger partial charge on any atom is -0.486 e. The Kier molecular flexibility index (Phi) is 3.99. The number of nitriles is 1. The quantitative estimate of drug-likeness (QED) is 0.791. The van der Waals surface area contributed by atoms with E-state index in [0.717, 1.165) is 36.1 Å². The predicted octanol–water partition coefficient (Wildman–Crippen LogP) is 3.04. The number of hydrogen-bond acceptors (Lipinski definition) is 4.